The molecule has 1 fully saturated rings. The first-order chi connectivity index (χ1) is 17.2. The van der Waals surface area contributed by atoms with Crippen molar-refractivity contribution >= 4 is 23.4 Å². The predicted octanol–water partition coefficient (Wildman–Crippen LogP) is 2.06. The Hall–Kier alpha value is -2.49. The fourth-order valence-corrected chi connectivity index (χ4v) is 4.69. The number of carbonyl (C=O) groups is 3. The van der Waals surface area contributed by atoms with Crippen molar-refractivity contribution in [3.8, 4) is 0 Å². The maximum absolute atomic E-state index is 13.2. The Bertz CT molecular complexity index is 817. The molecule has 0 heterocycles. The molecule has 0 aliphatic heterocycles. The molecule has 3 amide bonds. The fourth-order valence-electron chi connectivity index (χ4n) is 4.69. The number of nitrogens with one attached hydrogen (secondary N) is 2. The maximum atomic E-state index is 13.2. The van der Waals surface area contributed by atoms with Crippen molar-refractivity contribution in [3.63, 3.8) is 0 Å². The number of nitrogens with two attached hydrogens (primary N) is 3. The minimum Gasteiger partial charge on any atom is -0.343 e. The molecule has 2 rings (SSSR count). The molecule has 0 bridgehead atoms. The van der Waals surface area contributed by atoms with Crippen LogP contribution >= 0.6 is 0 Å². The molecule has 9 heteroatoms. The molecule has 1 aromatic rings. The maximum Gasteiger partial charge on any atom is 0.246 e. The van der Waals surface area contributed by atoms with Crippen LogP contribution in [0.15, 0.2) is 24.3 Å². The van der Waals surface area contributed by atoms with Crippen molar-refractivity contribution < 1.29 is 14.4 Å². The highest BCUT2D eigenvalue weighted by molar-refractivity contribution is 5.98. The molecule has 1 aliphatic carbocycles. The summed E-state index contributed by atoms with van der Waals surface area (Å²) in [5, 5.41) is 5.75. The van der Waals surface area contributed by atoms with E-state index in [1.165, 1.54) is 29.7 Å². The van der Waals surface area contributed by atoms with E-state index in [9.17, 15) is 14.4 Å². The van der Waals surface area contributed by atoms with Gasteiger partial charge in [-0.2, -0.15) is 0 Å². The number of anilines is 1. The van der Waals surface area contributed by atoms with Crippen LogP contribution in [-0.4, -0.2) is 60.9 Å². The lowest BCUT2D eigenvalue weighted by atomic mass is 9.85. The zero-order valence-corrected chi connectivity index (χ0v) is 22.0. The van der Waals surface area contributed by atoms with E-state index in [0.29, 0.717) is 50.1 Å². The summed E-state index contributed by atoms with van der Waals surface area (Å²) >= 11 is 0. The van der Waals surface area contributed by atoms with Crippen LogP contribution in [-0.2, 0) is 14.4 Å². The molecule has 0 radical (unpaired) electrons. The van der Waals surface area contributed by atoms with Crippen molar-refractivity contribution in [1.29, 1.82) is 0 Å². The number of hydrogen-bond acceptors (Lipinski definition) is 6. The Morgan fingerprint density at radius 2 is 1.58 bits per heavy atom. The third kappa shape index (κ3) is 9.87. The van der Waals surface area contributed by atoms with Gasteiger partial charge in [0, 0.05) is 31.9 Å². The van der Waals surface area contributed by atoms with Gasteiger partial charge in [0.15, 0.2) is 0 Å². The number of rotatable bonds is 14. The van der Waals surface area contributed by atoms with Crippen LogP contribution in [0.2, 0.25) is 0 Å². The quantitative estimate of drug-likeness (QED) is 0.262. The first kappa shape index (κ1) is 29.7. The number of benzene rings is 1. The molecule has 1 saturated carbocycles. The van der Waals surface area contributed by atoms with Crippen molar-refractivity contribution in [1.82, 2.24) is 10.2 Å². The number of nitrogens with zero attached hydrogens (tertiary/aromatic N) is 1. The molecule has 9 nitrogen and oxygen atoms in total. The third-order valence-electron chi connectivity index (χ3n) is 6.95. The third-order valence-corrected chi connectivity index (χ3v) is 6.95. The van der Waals surface area contributed by atoms with E-state index < -0.39 is 18.0 Å². The molecular formula is C27H46N6O3. The van der Waals surface area contributed by atoms with E-state index in [0.717, 1.165) is 19.3 Å². The number of hydrogen-bond donors (Lipinski definition) is 5. The lowest BCUT2D eigenvalue weighted by molar-refractivity contribution is -0.134. The fraction of sp³-hybridized carbons (Fsp3) is 0.667. The molecular weight excluding hydrogens is 456 g/mol. The highest BCUT2D eigenvalue weighted by Gasteiger charge is 2.27. The molecule has 2 atom stereocenters. The second kappa shape index (κ2) is 15.6. The average molecular weight is 503 g/mol. The monoisotopic (exact) mass is 502 g/mol. The van der Waals surface area contributed by atoms with Crippen LogP contribution < -0.4 is 27.8 Å². The van der Waals surface area contributed by atoms with E-state index in [4.69, 9.17) is 17.2 Å². The van der Waals surface area contributed by atoms with Crippen LogP contribution in [0.25, 0.3) is 0 Å². The summed E-state index contributed by atoms with van der Waals surface area (Å²) < 4.78 is 0. The molecule has 1 aliphatic rings. The van der Waals surface area contributed by atoms with Crippen LogP contribution in [0, 0.1) is 5.92 Å². The normalized spacial score (nSPS) is 15.8. The second-order valence-electron chi connectivity index (χ2n) is 10.2. The summed E-state index contributed by atoms with van der Waals surface area (Å²) in [6, 6.07) is 5.94. The van der Waals surface area contributed by atoms with E-state index in [1.807, 2.05) is 24.3 Å². The van der Waals surface area contributed by atoms with Gasteiger partial charge in [0.25, 0.3) is 0 Å². The van der Waals surface area contributed by atoms with Gasteiger partial charge in [0.05, 0.1) is 12.5 Å². The Labute approximate surface area is 215 Å². The molecule has 36 heavy (non-hydrogen) atoms. The average Bonchev–Trinajstić information content (AvgIpc) is 2.87. The summed E-state index contributed by atoms with van der Waals surface area (Å²) in [5.41, 5.74) is 19.1. The minimum atomic E-state index is -1.06. The van der Waals surface area contributed by atoms with Crippen LogP contribution in [0.1, 0.15) is 76.7 Å². The number of amides is 3. The predicted molar refractivity (Wildman–Crippen MR) is 144 cm³/mol. The Morgan fingerprint density at radius 3 is 2.14 bits per heavy atom. The molecule has 0 aromatic heterocycles. The molecule has 8 N–H and O–H groups in total. The lowest BCUT2D eigenvalue weighted by Gasteiger charge is -2.26. The summed E-state index contributed by atoms with van der Waals surface area (Å²) in [6.07, 6.45) is 7.22. The zero-order valence-electron chi connectivity index (χ0n) is 22.0. The standard InChI is InChI=1S/C27H46N6O3/c1-19(2)21-9-11-22(12-10-21)31-27(36)24(13-8-20-6-4-3-5-7-20)32-26(35)23(30)18-25(34)33(16-14-28)17-15-29/h9-12,19-20,23-24H,3-8,13-18,28-30H2,1-2H3,(H,31,36)(H,32,35)/t23-,24-/m0/s1. The Kier molecular flexibility index (Phi) is 12.9. The van der Waals surface area contributed by atoms with Crippen molar-refractivity contribution in [2.24, 2.45) is 23.1 Å². The van der Waals surface area contributed by atoms with Crippen molar-refractivity contribution in [3.05, 3.63) is 29.8 Å². The van der Waals surface area contributed by atoms with Crippen molar-refractivity contribution in [2.75, 3.05) is 31.5 Å². The van der Waals surface area contributed by atoms with E-state index >= 15 is 0 Å². The smallest absolute Gasteiger partial charge is 0.246 e. The topological polar surface area (TPSA) is 157 Å². The highest BCUT2D eigenvalue weighted by Crippen LogP contribution is 2.28. The van der Waals surface area contributed by atoms with Crippen LogP contribution in [0.4, 0.5) is 5.69 Å². The molecule has 0 spiro atoms. The molecule has 0 saturated heterocycles. The zero-order chi connectivity index (χ0) is 26.5. The first-order valence-corrected chi connectivity index (χ1v) is 13.4. The highest BCUT2D eigenvalue weighted by atomic mass is 16.2. The minimum absolute atomic E-state index is 0.167. The van der Waals surface area contributed by atoms with Gasteiger partial charge >= 0.3 is 0 Å². The summed E-state index contributed by atoms with van der Waals surface area (Å²) in [7, 11) is 0. The number of carbonyl (C=O) groups excluding carboxylic acids is 3. The summed E-state index contributed by atoms with van der Waals surface area (Å²) in [5.74, 6) is -0.104. The van der Waals surface area contributed by atoms with E-state index in [1.54, 1.807) is 0 Å². The Balaban J connectivity index is 2.03. The van der Waals surface area contributed by atoms with Gasteiger partial charge in [-0.15, -0.1) is 0 Å². The summed E-state index contributed by atoms with van der Waals surface area (Å²) in [6.45, 7) is 5.54. The lowest BCUT2D eigenvalue weighted by Crippen LogP contribution is -2.52. The van der Waals surface area contributed by atoms with E-state index in [-0.39, 0.29) is 18.2 Å². The van der Waals surface area contributed by atoms with Crippen molar-refractivity contribution in [2.45, 2.75) is 83.2 Å². The van der Waals surface area contributed by atoms with Crippen LogP contribution in [0.3, 0.4) is 0 Å². The van der Waals surface area contributed by atoms with Gasteiger partial charge in [0.1, 0.15) is 6.04 Å². The van der Waals surface area contributed by atoms with Gasteiger partial charge < -0.3 is 32.7 Å². The van der Waals surface area contributed by atoms with Gasteiger partial charge in [0.2, 0.25) is 17.7 Å². The largest absolute Gasteiger partial charge is 0.343 e. The molecule has 202 valence electrons. The van der Waals surface area contributed by atoms with Crippen LogP contribution in [0.5, 0.6) is 0 Å². The SMILES string of the molecule is CC(C)c1ccc(NC(=O)[C@H](CCC2CCCCC2)NC(=O)[C@@H](N)CC(=O)N(CCN)CCN)cc1. The van der Waals surface area contributed by atoms with Gasteiger partial charge in [-0.3, -0.25) is 14.4 Å². The first-order valence-electron chi connectivity index (χ1n) is 13.4. The Morgan fingerprint density at radius 1 is 0.972 bits per heavy atom. The van der Waals surface area contributed by atoms with Gasteiger partial charge in [-0.05, 0) is 42.4 Å². The second-order valence-corrected chi connectivity index (χ2v) is 10.2. The molecule has 1 aromatic carbocycles. The summed E-state index contributed by atoms with van der Waals surface area (Å²) in [4.78, 5) is 40.2. The van der Waals surface area contributed by atoms with E-state index in [2.05, 4.69) is 24.5 Å². The van der Waals surface area contributed by atoms with Gasteiger partial charge in [-0.25, -0.2) is 0 Å². The van der Waals surface area contributed by atoms with Gasteiger partial charge in [-0.1, -0.05) is 58.1 Å². The molecule has 0 unspecified atom stereocenters.